The first-order valence-electron chi connectivity index (χ1n) is 8.20. The lowest BCUT2D eigenvalue weighted by Gasteiger charge is -2.14. The number of nitro groups is 1. The number of hydrogen-bond donors (Lipinski definition) is 1. The highest BCUT2D eigenvalue weighted by Crippen LogP contribution is 2.36. The van der Waals surface area contributed by atoms with Crippen LogP contribution in [0.25, 0.3) is 6.08 Å². The van der Waals surface area contributed by atoms with E-state index in [9.17, 15) is 19.7 Å². The fraction of sp³-hybridized carbons (Fsp3) is 0.158. The summed E-state index contributed by atoms with van der Waals surface area (Å²) in [4.78, 5) is 35.9. The molecule has 1 N–H and O–H groups in total. The van der Waals surface area contributed by atoms with Crippen molar-refractivity contribution in [1.82, 2.24) is 5.43 Å². The first-order chi connectivity index (χ1) is 13.3. The molecule has 1 fully saturated rings. The quantitative estimate of drug-likeness (QED) is 0.367. The predicted octanol–water partition coefficient (Wildman–Crippen LogP) is 2.38. The number of methoxy groups -OCH3 is 2. The highest BCUT2D eigenvalue weighted by atomic mass is 16.6. The average Bonchev–Trinajstić information content (AvgIpc) is 2.96. The number of ether oxygens (including phenoxy) is 2. The summed E-state index contributed by atoms with van der Waals surface area (Å²) in [5.41, 5.74) is 3.44. The summed E-state index contributed by atoms with van der Waals surface area (Å²) < 4.78 is 10.2. The zero-order valence-electron chi connectivity index (χ0n) is 15.4. The van der Waals surface area contributed by atoms with Crippen LogP contribution in [0.5, 0.6) is 11.5 Å². The van der Waals surface area contributed by atoms with Gasteiger partial charge in [-0.15, -0.1) is 0 Å². The fourth-order valence-electron chi connectivity index (χ4n) is 2.75. The molecule has 3 rings (SSSR count). The van der Waals surface area contributed by atoms with Crippen LogP contribution >= 0.6 is 0 Å². The molecule has 144 valence electrons. The molecule has 1 heterocycles. The van der Waals surface area contributed by atoms with Crippen LogP contribution in [0.15, 0.2) is 42.0 Å². The minimum atomic E-state index is -0.658. The van der Waals surface area contributed by atoms with Gasteiger partial charge >= 0.3 is 0 Å². The van der Waals surface area contributed by atoms with Gasteiger partial charge < -0.3 is 9.47 Å². The molecule has 0 spiro atoms. The van der Waals surface area contributed by atoms with E-state index in [1.165, 1.54) is 32.4 Å². The van der Waals surface area contributed by atoms with Gasteiger partial charge in [-0.1, -0.05) is 17.7 Å². The number of anilines is 1. The average molecular weight is 383 g/mol. The number of carbonyl (C=O) groups excluding carboxylic acids is 2. The van der Waals surface area contributed by atoms with E-state index in [1.54, 1.807) is 24.3 Å². The van der Waals surface area contributed by atoms with Crippen molar-refractivity contribution < 1.29 is 24.0 Å². The Labute approximate surface area is 160 Å². The van der Waals surface area contributed by atoms with E-state index in [2.05, 4.69) is 5.43 Å². The Morgan fingerprint density at radius 3 is 2.25 bits per heavy atom. The number of amides is 2. The summed E-state index contributed by atoms with van der Waals surface area (Å²) in [6, 6.07) is 9.51. The molecule has 28 heavy (non-hydrogen) atoms. The van der Waals surface area contributed by atoms with Crippen LogP contribution in [0.2, 0.25) is 0 Å². The lowest BCUT2D eigenvalue weighted by Crippen LogP contribution is -2.35. The van der Waals surface area contributed by atoms with E-state index in [-0.39, 0.29) is 28.3 Å². The second kappa shape index (κ2) is 7.39. The van der Waals surface area contributed by atoms with E-state index < -0.39 is 16.7 Å². The largest absolute Gasteiger partial charge is 0.493 e. The van der Waals surface area contributed by atoms with Crippen LogP contribution in [0, 0.1) is 17.0 Å². The smallest absolute Gasteiger partial charge is 0.282 e. The molecule has 0 saturated carbocycles. The van der Waals surface area contributed by atoms with Crippen LogP contribution < -0.4 is 19.9 Å². The van der Waals surface area contributed by atoms with Crippen LogP contribution in [-0.2, 0) is 9.59 Å². The summed E-state index contributed by atoms with van der Waals surface area (Å²) in [6.07, 6.45) is 1.17. The van der Waals surface area contributed by atoms with Crippen molar-refractivity contribution in [3.63, 3.8) is 0 Å². The molecule has 0 radical (unpaired) electrons. The monoisotopic (exact) mass is 383 g/mol. The zero-order chi connectivity index (χ0) is 20.4. The van der Waals surface area contributed by atoms with Crippen molar-refractivity contribution >= 4 is 29.3 Å². The molecule has 2 amide bonds. The van der Waals surface area contributed by atoms with E-state index in [0.29, 0.717) is 5.69 Å². The topological polar surface area (TPSA) is 111 Å². The molecule has 0 atom stereocenters. The Hall–Kier alpha value is -3.88. The second-order valence-corrected chi connectivity index (χ2v) is 6.00. The Morgan fingerprint density at radius 2 is 1.68 bits per heavy atom. The summed E-state index contributed by atoms with van der Waals surface area (Å²) >= 11 is 0. The Balaban J connectivity index is 2.05. The number of nitro benzene ring substituents is 1. The van der Waals surface area contributed by atoms with Crippen molar-refractivity contribution in [2.24, 2.45) is 0 Å². The van der Waals surface area contributed by atoms with Crippen molar-refractivity contribution in [2.75, 3.05) is 19.2 Å². The van der Waals surface area contributed by atoms with Crippen molar-refractivity contribution in [3.8, 4) is 11.5 Å². The van der Waals surface area contributed by atoms with Crippen LogP contribution in [0.3, 0.4) is 0 Å². The van der Waals surface area contributed by atoms with Gasteiger partial charge in [-0.25, -0.2) is 5.01 Å². The minimum Gasteiger partial charge on any atom is -0.493 e. The zero-order valence-corrected chi connectivity index (χ0v) is 15.4. The summed E-state index contributed by atoms with van der Waals surface area (Å²) in [6.45, 7) is 1.90. The summed E-state index contributed by atoms with van der Waals surface area (Å²) in [7, 11) is 2.74. The maximum Gasteiger partial charge on any atom is 0.282 e. The molecule has 1 aliphatic heterocycles. The SMILES string of the molecule is COc1cc(C=C2C(=O)NN(c3ccc(C)cc3)C2=O)c([N+](=O)[O-])cc1OC. The van der Waals surface area contributed by atoms with Gasteiger partial charge in [0.05, 0.1) is 36.5 Å². The standard InChI is InChI=1S/C19H17N3O6/c1-11-4-6-13(7-5-11)21-19(24)14(18(23)20-21)8-12-9-16(27-2)17(28-3)10-15(12)22(25)26/h4-10H,1-3H3,(H,20,23). The van der Waals surface area contributed by atoms with Gasteiger partial charge in [0.2, 0.25) is 0 Å². The number of hydrazine groups is 1. The molecule has 0 bridgehead atoms. The predicted molar refractivity (Wildman–Crippen MR) is 101 cm³/mol. The van der Waals surface area contributed by atoms with E-state index in [1.807, 2.05) is 6.92 Å². The third-order valence-corrected chi connectivity index (χ3v) is 4.21. The molecule has 0 aliphatic carbocycles. The van der Waals surface area contributed by atoms with Gasteiger partial charge in [0, 0.05) is 0 Å². The molecule has 0 aromatic heterocycles. The van der Waals surface area contributed by atoms with E-state index >= 15 is 0 Å². The maximum atomic E-state index is 12.7. The first-order valence-corrected chi connectivity index (χ1v) is 8.20. The number of carbonyl (C=O) groups is 2. The summed E-state index contributed by atoms with van der Waals surface area (Å²) in [5, 5.41) is 12.5. The van der Waals surface area contributed by atoms with Gasteiger partial charge in [0.1, 0.15) is 5.57 Å². The van der Waals surface area contributed by atoms with Crippen LogP contribution in [0.1, 0.15) is 11.1 Å². The third kappa shape index (κ3) is 3.37. The number of nitrogens with zero attached hydrogens (tertiary/aromatic N) is 2. The number of benzene rings is 2. The van der Waals surface area contributed by atoms with Gasteiger partial charge in [0.25, 0.3) is 17.5 Å². The van der Waals surface area contributed by atoms with E-state index in [4.69, 9.17) is 9.47 Å². The maximum absolute atomic E-state index is 12.7. The van der Waals surface area contributed by atoms with Gasteiger partial charge in [0.15, 0.2) is 11.5 Å². The number of aryl methyl sites for hydroxylation is 1. The molecule has 0 unspecified atom stereocenters. The normalized spacial score (nSPS) is 15.0. The molecule has 2 aromatic rings. The van der Waals surface area contributed by atoms with Gasteiger partial charge in [-0.2, -0.15) is 0 Å². The molecule has 1 aliphatic rings. The lowest BCUT2D eigenvalue weighted by molar-refractivity contribution is -0.385. The molecule has 9 heteroatoms. The third-order valence-electron chi connectivity index (χ3n) is 4.21. The lowest BCUT2D eigenvalue weighted by atomic mass is 10.1. The Morgan fingerprint density at radius 1 is 1.07 bits per heavy atom. The first kappa shape index (κ1) is 18.9. The fourth-order valence-corrected chi connectivity index (χ4v) is 2.75. The highest BCUT2D eigenvalue weighted by Gasteiger charge is 2.35. The summed E-state index contributed by atoms with van der Waals surface area (Å²) in [5.74, 6) is -0.867. The van der Waals surface area contributed by atoms with Crippen molar-refractivity contribution in [1.29, 1.82) is 0 Å². The Kier molecular flexibility index (Phi) is 4.99. The van der Waals surface area contributed by atoms with Gasteiger partial charge in [-0.3, -0.25) is 25.1 Å². The van der Waals surface area contributed by atoms with Gasteiger partial charge in [-0.05, 0) is 31.2 Å². The molecular formula is C19H17N3O6. The molecule has 9 nitrogen and oxygen atoms in total. The van der Waals surface area contributed by atoms with Crippen LogP contribution in [0.4, 0.5) is 11.4 Å². The molecule has 1 saturated heterocycles. The molecule has 2 aromatic carbocycles. The number of rotatable bonds is 5. The number of nitrogens with one attached hydrogen (secondary N) is 1. The van der Waals surface area contributed by atoms with Crippen molar-refractivity contribution in [3.05, 3.63) is 63.2 Å². The van der Waals surface area contributed by atoms with Crippen molar-refractivity contribution in [2.45, 2.75) is 6.92 Å². The Bertz CT molecular complexity index is 997. The minimum absolute atomic E-state index is 0.0481. The van der Waals surface area contributed by atoms with E-state index in [0.717, 1.165) is 10.6 Å². The second-order valence-electron chi connectivity index (χ2n) is 6.00. The number of hydrogen-bond acceptors (Lipinski definition) is 6. The highest BCUT2D eigenvalue weighted by molar-refractivity contribution is 6.31. The van der Waals surface area contributed by atoms with Crippen LogP contribution in [-0.4, -0.2) is 31.0 Å². The molecular weight excluding hydrogens is 366 g/mol.